The average Bonchev–Trinajstić information content (AvgIpc) is 1.68. The normalized spacial score (nSPS) is 7.38. The summed E-state index contributed by atoms with van der Waals surface area (Å²) < 4.78 is 1.92. The summed E-state index contributed by atoms with van der Waals surface area (Å²) in [6, 6.07) is 2.89. The van der Waals surface area contributed by atoms with Crippen LogP contribution in [-0.2, 0) is 0 Å². The lowest BCUT2D eigenvalue weighted by molar-refractivity contribution is 0.817. The Morgan fingerprint density at radius 1 is 1.62 bits per heavy atom. The van der Waals surface area contributed by atoms with Gasteiger partial charge in [0.25, 0.3) is 0 Å². The van der Waals surface area contributed by atoms with Crippen molar-refractivity contribution in [1.82, 2.24) is 4.31 Å². The molecule has 2 heteroatoms. The molecule has 0 saturated heterocycles. The minimum Gasteiger partial charge on any atom is -0.279 e. The van der Waals surface area contributed by atoms with Crippen molar-refractivity contribution in [3.05, 3.63) is 0 Å². The van der Waals surface area contributed by atoms with Gasteiger partial charge in [0.2, 0.25) is 0 Å². The summed E-state index contributed by atoms with van der Waals surface area (Å²) in [6.45, 7) is 3.95. The largest absolute Gasteiger partial charge is 0.279 e. The molecule has 0 aromatic rings. The van der Waals surface area contributed by atoms with E-state index in [1.165, 1.54) is 0 Å². The highest BCUT2D eigenvalue weighted by atomic mass is 32.2. The smallest absolute Gasteiger partial charge is 0.0268 e. The zero-order valence-corrected chi connectivity index (χ0v) is 6.38. The van der Waals surface area contributed by atoms with Crippen LogP contribution in [0, 0.1) is 12.0 Å². The van der Waals surface area contributed by atoms with Gasteiger partial charge >= 0.3 is 0 Å². The van der Waals surface area contributed by atoms with Gasteiger partial charge in [0.1, 0.15) is 0 Å². The molecule has 0 bridgehead atoms. The van der Waals surface area contributed by atoms with Crippen molar-refractivity contribution < 1.29 is 0 Å². The molecule has 0 fully saturated rings. The van der Waals surface area contributed by atoms with Crippen LogP contribution in [0.5, 0.6) is 0 Å². The fourth-order valence-electron chi connectivity index (χ4n) is 0.383. The van der Waals surface area contributed by atoms with Gasteiger partial charge in [-0.05, 0) is 18.9 Å². The number of nitrogens with zero attached hydrogens (tertiary/aromatic N) is 1. The second-order valence-corrected chi connectivity index (χ2v) is 2.66. The van der Waals surface area contributed by atoms with E-state index in [1.54, 1.807) is 11.9 Å². The average molecular weight is 129 g/mol. The van der Waals surface area contributed by atoms with E-state index in [1.807, 2.05) is 18.3 Å². The zero-order chi connectivity index (χ0) is 6.41. The summed E-state index contributed by atoms with van der Waals surface area (Å²) in [6.07, 6.45) is 0. The molecule has 0 aliphatic carbocycles. The Bertz CT molecular complexity index is 101. The first-order valence-corrected chi connectivity index (χ1v) is 3.54. The third-order valence-corrected chi connectivity index (χ3v) is 1.33. The topological polar surface area (TPSA) is 3.24 Å². The van der Waals surface area contributed by atoms with Crippen molar-refractivity contribution in [2.24, 2.45) is 0 Å². The Labute approximate surface area is 55.6 Å². The maximum Gasteiger partial charge on any atom is 0.0268 e. The van der Waals surface area contributed by atoms with Crippen molar-refractivity contribution >= 4 is 11.9 Å². The Kier molecular flexibility index (Phi) is 4.68. The Morgan fingerprint density at radius 2 is 2.25 bits per heavy atom. The van der Waals surface area contributed by atoms with Crippen LogP contribution in [0.2, 0.25) is 0 Å². The number of hydrogen-bond donors (Lipinski definition) is 0. The van der Waals surface area contributed by atoms with Crippen molar-refractivity contribution in [3.63, 3.8) is 0 Å². The van der Waals surface area contributed by atoms with E-state index in [0.717, 1.165) is 5.75 Å². The van der Waals surface area contributed by atoms with Crippen LogP contribution in [0.3, 0.4) is 0 Å². The number of hydrogen-bond acceptors (Lipinski definition) is 2. The number of rotatable bonds is 2. The van der Waals surface area contributed by atoms with E-state index in [0.29, 0.717) is 0 Å². The van der Waals surface area contributed by atoms with E-state index in [-0.39, 0.29) is 0 Å². The molecule has 8 heavy (non-hydrogen) atoms. The van der Waals surface area contributed by atoms with E-state index < -0.39 is 0 Å². The van der Waals surface area contributed by atoms with Gasteiger partial charge < -0.3 is 0 Å². The van der Waals surface area contributed by atoms with Crippen LogP contribution in [-0.4, -0.2) is 17.1 Å². The molecule has 0 atom stereocenters. The molecular weight excluding hydrogens is 118 g/mol. The monoisotopic (exact) mass is 129 g/mol. The molecule has 0 aliphatic heterocycles. The second kappa shape index (κ2) is 4.86. The fraction of sp³-hybridized carbons (Fsp3) is 0.667. The molecule has 0 amide bonds. The van der Waals surface area contributed by atoms with Crippen LogP contribution in [0.1, 0.15) is 13.8 Å². The van der Waals surface area contributed by atoms with Gasteiger partial charge in [0.05, 0.1) is 0 Å². The highest BCUT2D eigenvalue weighted by molar-refractivity contribution is 7.97. The molecule has 0 aromatic carbocycles. The quantitative estimate of drug-likeness (QED) is 0.316. The highest BCUT2D eigenvalue weighted by Crippen LogP contribution is 2.01. The lowest BCUT2D eigenvalue weighted by Gasteiger charge is -2.04. The Morgan fingerprint density at radius 3 is 2.62 bits per heavy atom. The van der Waals surface area contributed by atoms with Gasteiger partial charge in [-0.3, -0.25) is 4.31 Å². The lowest BCUT2D eigenvalue weighted by Crippen LogP contribution is -1.98. The maximum atomic E-state index is 2.89. The highest BCUT2D eigenvalue weighted by Gasteiger charge is 1.83. The molecule has 0 spiro atoms. The van der Waals surface area contributed by atoms with Gasteiger partial charge in [0.15, 0.2) is 0 Å². The molecule has 0 saturated carbocycles. The fourth-order valence-corrected chi connectivity index (χ4v) is 0.927. The lowest BCUT2D eigenvalue weighted by atomic mass is 10.8. The summed E-state index contributed by atoms with van der Waals surface area (Å²) in [5.41, 5.74) is 0. The molecule has 0 rings (SSSR count). The summed E-state index contributed by atoms with van der Waals surface area (Å²) in [7, 11) is 1.96. The zero-order valence-electron chi connectivity index (χ0n) is 5.56. The van der Waals surface area contributed by atoms with Crippen molar-refractivity contribution in [3.8, 4) is 12.0 Å². The molecule has 0 N–H and O–H groups in total. The molecule has 0 aliphatic rings. The summed E-state index contributed by atoms with van der Waals surface area (Å²) >= 11 is 1.72. The van der Waals surface area contributed by atoms with Crippen LogP contribution in [0.15, 0.2) is 0 Å². The van der Waals surface area contributed by atoms with E-state index in [2.05, 4.69) is 18.9 Å². The van der Waals surface area contributed by atoms with Gasteiger partial charge in [-0.2, -0.15) is 0 Å². The third-order valence-electron chi connectivity index (χ3n) is 0.592. The summed E-state index contributed by atoms with van der Waals surface area (Å²) in [5.74, 6) is 3.90. The Hall–Kier alpha value is -0.290. The van der Waals surface area contributed by atoms with Crippen LogP contribution >= 0.6 is 11.9 Å². The van der Waals surface area contributed by atoms with Gasteiger partial charge in [-0.15, -0.1) is 0 Å². The predicted octanol–water partition coefficient (Wildman–Crippen LogP) is 1.57. The summed E-state index contributed by atoms with van der Waals surface area (Å²) in [5, 5.41) is 0. The molecule has 0 heterocycles. The first kappa shape index (κ1) is 7.71. The van der Waals surface area contributed by atoms with Crippen LogP contribution in [0.4, 0.5) is 0 Å². The maximum absolute atomic E-state index is 2.89. The SMILES string of the molecule is CC#CN(C)SCC. The first-order valence-electron chi connectivity index (χ1n) is 2.60. The van der Waals surface area contributed by atoms with Crippen LogP contribution in [0.25, 0.3) is 0 Å². The first-order chi connectivity index (χ1) is 3.81. The second-order valence-electron chi connectivity index (χ2n) is 1.28. The Balaban J connectivity index is 3.27. The molecule has 0 unspecified atom stereocenters. The van der Waals surface area contributed by atoms with Gasteiger partial charge in [-0.25, -0.2) is 0 Å². The van der Waals surface area contributed by atoms with E-state index in [9.17, 15) is 0 Å². The molecule has 1 nitrogen and oxygen atoms in total. The van der Waals surface area contributed by atoms with Crippen molar-refractivity contribution in [1.29, 1.82) is 0 Å². The van der Waals surface area contributed by atoms with Crippen LogP contribution < -0.4 is 0 Å². The summed E-state index contributed by atoms with van der Waals surface area (Å²) in [4.78, 5) is 0. The minimum atomic E-state index is 1.09. The molecule has 46 valence electrons. The molecular formula is C6H11NS. The van der Waals surface area contributed by atoms with Crippen molar-refractivity contribution in [2.75, 3.05) is 12.8 Å². The third kappa shape index (κ3) is 3.89. The standard InChI is InChI=1S/C6H11NS/c1-4-6-7(3)8-5-2/h5H2,1-3H3. The van der Waals surface area contributed by atoms with E-state index in [4.69, 9.17) is 0 Å². The van der Waals surface area contributed by atoms with Crippen molar-refractivity contribution in [2.45, 2.75) is 13.8 Å². The predicted molar refractivity (Wildman–Crippen MR) is 39.3 cm³/mol. The minimum absolute atomic E-state index is 1.09. The molecule has 0 radical (unpaired) electrons. The van der Waals surface area contributed by atoms with E-state index >= 15 is 0 Å². The van der Waals surface area contributed by atoms with Gasteiger partial charge in [0, 0.05) is 18.8 Å². The van der Waals surface area contributed by atoms with Gasteiger partial charge in [-0.1, -0.05) is 12.8 Å². The molecule has 0 aromatic heterocycles.